The van der Waals surface area contributed by atoms with Crippen LogP contribution in [0.3, 0.4) is 0 Å². The van der Waals surface area contributed by atoms with E-state index in [1.54, 1.807) is 17.1 Å². The van der Waals surface area contributed by atoms with Crippen molar-refractivity contribution < 1.29 is 29.0 Å². The highest BCUT2D eigenvalue weighted by atomic mass is 79.9. The second kappa shape index (κ2) is 12.9. The summed E-state index contributed by atoms with van der Waals surface area (Å²) in [4.78, 5) is 45.8. The van der Waals surface area contributed by atoms with E-state index < -0.39 is 41.6 Å². The Morgan fingerprint density at radius 3 is 2.63 bits per heavy atom. The number of fused-ring (bicyclic) bond motifs is 2. The number of allylic oxidation sites excluding steroid dienone is 1. The Morgan fingerprint density at radius 1 is 1.21 bits per heavy atom. The van der Waals surface area contributed by atoms with Gasteiger partial charge in [0.2, 0.25) is 5.91 Å². The fourth-order valence-corrected chi connectivity index (χ4v) is 8.21. The minimum absolute atomic E-state index is 0.148. The van der Waals surface area contributed by atoms with Crippen molar-refractivity contribution in [1.29, 1.82) is 0 Å². The maximum Gasteiger partial charge on any atom is 0.312 e. The summed E-state index contributed by atoms with van der Waals surface area (Å²) in [6.45, 7) is 11.7. The number of hydrogen-bond acceptors (Lipinski definition) is 6. The zero-order valence-electron chi connectivity index (χ0n) is 24.9. The van der Waals surface area contributed by atoms with Gasteiger partial charge in [-0.25, -0.2) is 0 Å². The van der Waals surface area contributed by atoms with E-state index in [1.807, 2.05) is 56.3 Å². The van der Waals surface area contributed by atoms with Crippen molar-refractivity contribution in [3.63, 3.8) is 0 Å². The number of benzene rings is 2. The summed E-state index contributed by atoms with van der Waals surface area (Å²) in [7, 11) is 0. The van der Waals surface area contributed by atoms with Gasteiger partial charge in [0.05, 0.1) is 37.2 Å². The number of esters is 1. The standard InChI is InChI=1S/C34H41BrN2O6/c1-5-7-10-16-42-33(41)27-28-31(39)37(25(20-38)17-21(3)4)30(34(28)19-26(35)29(27)43-34)32(40)36(15-6-2)24-14-13-22-11-8-9-12-23(22)18-24/h5-6,8-9,11-14,18,21,25-30,38H,1-2,7,10,15-17,19-20H2,3-4H3/t25-,26?,27-,28+,29-,30?,34?/m1/s1. The second-order valence-corrected chi connectivity index (χ2v) is 13.4. The summed E-state index contributed by atoms with van der Waals surface area (Å²) in [5.74, 6) is -2.76. The first kappa shape index (κ1) is 31.4. The lowest BCUT2D eigenvalue weighted by atomic mass is 9.70. The Balaban J connectivity index is 1.58. The van der Waals surface area contributed by atoms with Crippen LogP contribution >= 0.6 is 15.9 Å². The molecule has 3 aliphatic heterocycles. The predicted octanol–water partition coefficient (Wildman–Crippen LogP) is 5.02. The van der Waals surface area contributed by atoms with E-state index in [4.69, 9.17) is 9.47 Å². The molecule has 1 spiro atoms. The predicted molar refractivity (Wildman–Crippen MR) is 170 cm³/mol. The largest absolute Gasteiger partial charge is 0.465 e. The minimum Gasteiger partial charge on any atom is -0.465 e. The number of aliphatic hydroxyl groups excluding tert-OH is 1. The lowest BCUT2D eigenvalue weighted by Gasteiger charge is -2.39. The van der Waals surface area contributed by atoms with Crippen LogP contribution in [-0.4, -0.2) is 76.2 Å². The van der Waals surface area contributed by atoms with Crippen LogP contribution in [-0.2, 0) is 23.9 Å². The number of carbonyl (C=O) groups is 3. The van der Waals surface area contributed by atoms with Gasteiger partial charge in [-0.05, 0) is 54.5 Å². The van der Waals surface area contributed by atoms with E-state index in [-0.39, 0.29) is 42.3 Å². The van der Waals surface area contributed by atoms with Crippen molar-refractivity contribution in [3.05, 3.63) is 67.8 Å². The number of ether oxygens (including phenoxy) is 2. The zero-order valence-corrected chi connectivity index (χ0v) is 26.4. The van der Waals surface area contributed by atoms with Gasteiger partial charge in [0.15, 0.2) is 0 Å². The average molecular weight is 654 g/mol. The highest BCUT2D eigenvalue weighted by molar-refractivity contribution is 9.09. The maximum absolute atomic E-state index is 14.9. The fraction of sp³-hybridized carbons (Fsp3) is 0.500. The number of likely N-dealkylation sites (tertiary alicyclic amines) is 1. The highest BCUT2D eigenvalue weighted by Crippen LogP contribution is 2.61. The summed E-state index contributed by atoms with van der Waals surface area (Å²) in [5, 5.41) is 12.6. The van der Waals surface area contributed by atoms with Crippen molar-refractivity contribution in [2.75, 3.05) is 24.7 Å². The Hall–Kier alpha value is -3.01. The van der Waals surface area contributed by atoms with Gasteiger partial charge in [-0.2, -0.15) is 0 Å². The van der Waals surface area contributed by atoms with Gasteiger partial charge in [-0.15, -0.1) is 13.2 Å². The molecular weight excluding hydrogens is 612 g/mol. The van der Waals surface area contributed by atoms with E-state index in [9.17, 15) is 19.5 Å². The summed E-state index contributed by atoms with van der Waals surface area (Å²) >= 11 is 3.71. The van der Waals surface area contributed by atoms with Gasteiger partial charge in [-0.1, -0.05) is 72.3 Å². The molecule has 3 heterocycles. The molecule has 43 heavy (non-hydrogen) atoms. The van der Waals surface area contributed by atoms with Crippen LogP contribution in [0.1, 0.15) is 39.5 Å². The smallest absolute Gasteiger partial charge is 0.312 e. The number of anilines is 1. The van der Waals surface area contributed by atoms with Crippen LogP contribution in [0.25, 0.3) is 10.8 Å². The van der Waals surface area contributed by atoms with Gasteiger partial charge in [-0.3, -0.25) is 14.4 Å². The molecule has 3 saturated heterocycles. The van der Waals surface area contributed by atoms with Crippen LogP contribution < -0.4 is 4.90 Å². The molecule has 9 heteroatoms. The monoisotopic (exact) mass is 652 g/mol. The Bertz CT molecular complexity index is 1400. The number of alkyl halides is 1. The van der Waals surface area contributed by atoms with E-state index in [0.717, 1.165) is 10.8 Å². The first-order valence-electron chi connectivity index (χ1n) is 15.1. The molecule has 0 radical (unpaired) electrons. The first-order valence-corrected chi connectivity index (χ1v) is 16.0. The number of aliphatic hydroxyl groups is 1. The van der Waals surface area contributed by atoms with Crippen LogP contribution in [0, 0.1) is 17.8 Å². The number of unbranched alkanes of at least 4 members (excludes halogenated alkanes) is 1. The quantitative estimate of drug-likeness (QED) is 0.141. The molecule has 2 aromatic carbocycles. The van der Waals surface area contributed by atoms with Crippen molar-refractivity contribution in [3.8, 4) is 0 Å². The molecule has 3 aliphatic rings. The molecule has 0 aromatic heterocycles. The molecule has 7 atom stereocenters. The van der Waals surface area contributed by atoms with Crippen LogP contribution in [0.4, 0.5) is 5.69 Å². The summed E-state index contributed by atoms with van der Waals surface area (Å²) in [6, 6.07) is 12.0. The lowest BCUT2D eigenvalue weighted by Crippen LogP contribution is -2.59. The summed E-state index contributed by atoms with van der Waals surface area (Å²) < 4.78 is 12.3. The van der Waals surface area contributed by atoms with Crippen LogP contribution in [0.15, 0.2) is 67.8 Å². The fourth-order valence-electron chi connectivity index (χ4n) is 7.27. The maximum atomic E-state index is 14.9. The number of hydrogen-bond donors (Lipinski definition) is 1. The molecule has 3 fully saturated rings. The minimum atomic E-state index is -1.25. The molecule has 0 saturated carbocycles. The molecule has 230 valence electrons. The molecular formula is C34H41BrN2O6. The van der Waals surface area contributed by atoms with E-state index >= 15 is 0 Å². The number of rotatable bonds is 13. The number of carbonyl (C=O) groups excluding carboxylic acids is 3. The van der Waals surface area contributed by atoms with E-state index in [2.05, 4.69) is 29.1 Å². The average Bonchev–Trinajstić information content (AvgIpc) is 3.59. The molecule has 2 amide bonds. The third-order valence-electron chi connectivity index (χ3n) is 9.00. The molecule has 2 aromatic rings. The molecule has 1 N–H and O–H groups in total. The second-order valence-electron chi connectivity index (χ2n) is 12.2. The summed E-state index contributed by atoms with van der Waals surface area (Å²) in [5.41, 5.74) is -0.584. The Kier molecular flexibility index (Phi) is 9.44. The van der Waals surface area contributed by atoms with Crippen LogP contribution in [0.2, 0.25) is 0 Å². The van der Waals surface area contributed by atoms with Gasteiger partial charge in [0, 0.05) is 17.1 Å². The molecule has 2 bridgehead atoms. The molecule has 3 unspecified atom stereocenters. The molecule has 0 aliphatic carbocycles. The Labute approximate surface area is 261 Å². The lowest BCUT2D eigenvalue weighted by molar-refractivity contribution is -0.155. The van der Waals surface area contributed by atoms with Crippen molar-refractivity contribution in [2.45, 2.75) is 68.1 Å². The number of nitrogens with zero attached hydrogens (tertiary/aromatic N) is 2. The highest BCUT2D eigenvalue weighted by Gasteiger charge is 2.77. The van der Waals surface area contributed by atoms with Crippen LogP contribution in [0.5, 0.6) is 0 Å². The van der Waals surface area contributed by atoms with Gasteiger partial charge in [0.1, 0.15) is 11.6 Å². The third-order valence-corrected chi connectivity index (χ3v) is 9.84. The number of halogens is 1. The van der Waals surface area contributed by atoms with Gasteiger partial charge in [0.25, 0.3) is 5.91 Å². The summed E-state index contributed by atoms with van der Waals surface area (Å²) in [6.07, 6.45) is 5.02. The van der Waals surface area contributed by atoms with Crippen molar-refractivity contribution in [1.82, 2.24) is 4.90 Å². The zero-order chi connectivity index (χ0) is 30.9. The first-order chi connectivity index (χ1) is 20.7. The SMILES string of the molecule is C=CCCCOC(=O)[C@H]1[C@@H]2OC3(CC2Br)C(C(=O)N(CC=C)c2ccc4ccccc4c2)N([C@@H](CO)CC(C)C)C(=O)[C@H]13. The van der Waals surface area contributed by atoms with Crippen molar-refractivity contribution >= 4 is 50.2 Å². The van der Waals surface area contributed by atoms with Gasteiger partial charge >= 0.3 is 5.97 Å². The number of amides is 2. The normalized spacial score (nSPS) is 28.3. The molecule has 8 nitrogen and oxygen atoms in total. The van der Waals surface area contributed by atoms with Crippen molar-refractivity contribution in [2.24, 2.45) is 17.8 Å². The third kappa shape index (κ3) is 5.56. The van der Waals surface area contributed by atoms with E-state index in [0.29, 0.717) is 31.4 Å². The van der Waals surface area contributed by atoms with E-state index in [1.165, 1.54) is 4.90 Å². The Morgan fingerprint density at radius 2 is 1.95 bits per heavy atom. The molecule has 5 rings (SSSR count). The van der Waals surface area contributed by atoms with Gasteiger partial charge < -0.3 is 24.4 Å². The topological polar surface area (TPSA) is 96.4 Å².